The lowest BCUT2D eigenvalue weighted by Crippen LogP contribution is -2.33. The van der Waals surface area contributed by atoms with Gasteiger partial charge in [0.25, 0.3) is 0 Å². The molecule has 2 aliphatic rings. The summed E-state index contributed by atoms with van der Waals surface area (Å²) in [5.74, 6) is 1.08. The molecule has 0 radical (unpaired) electrons. The van der Waals surface area contributed by atoms with Gasteiger partial charge in [-0.05, 0) is 67.4 Å². The SMILES string of the molecule is Cc1c(Nc2ccc(N(C)C)cc2)cc2c(c1C)C(=O)OC21c2ccccc2Oc2ccccc21. The number of nitrogens with one attached hydrogen (secondary N) is 1. The monoisotopic (exact) mass is 462 g/mol. The summed E-state index contributed by atoms with van der Waals surface area (Å²) in [6.45, 7) is 4.03. The van der Waals surface area contributed by atoms with E-state index in [1.54, 1.807) is 0 Å². The number of hydrogen-bond donors (Lipinski definition) is 1. The first-order chi connectivity index (χ1) is 16.9. The molecule has 5 heteroatoms. The fraction of sp³-hybridized carbons (Fsp3) is 0.167. The summed E-state index contributed by atoms with van der Waals surface area (Å²) in [5, 5.41) is 3.58. The van der Waals surface area contributed by atoms with Gasteiger partial charge in [-0.3, -0.25) is 0 Å². The fourth-order valence-electron chi connectivity index (χ4n) is 5.19. The Morgan fingerprint density at radius 1 is 0.771 bits per heavy atom. The van der Waals surface area contributed by atoms with Gasteiger partial charge in [-0.1, -0.05) is 36.4 Å². The van der Waals surface area contributed by atoms with E-state index in [-0.39, 0.29) is 5.97 Å². The molecule has 1 spiro atoms. The first-order valence-electron chi connectivity index (χ1n) is 11.7. The van der Waals surface area contributed by atoms with E-state index >= 15 is 0 Å². The lowest BCUT2D eigenvalue weighted by Gasteiger charge is -2.36. The summed E-state index contributed by atoms with van der Waals surface area (Å²) in [6.07, 6.45) is 0. The third-order valence-corrected chi connectivity index (χ3v) is 7.14. The number of nitrogens with zero attached hydrogens (tertiary/aromatic N) is 1. The number of para-hydroxylation sites is 2. The van der Waals surface area contributed by atoms with Crippen molar-refractivity contribution in [3.05, 3.63) is 112 Å². The van der Waals surface area contributed by atoms with Crippen molar-refractivity contribution >= 4 is 23.0 Å². The van der Waals surface area contributed by atoms with E-state index in [1.807, 2.05) is 76.5 Å². The Morgan fingerprint density at radius 3 is 1.97 bits per heavy atom. The normalized spacial score (nSPS) is 14.5. The minimum absolute atomic E-state index is 0.311. The number of carbonyl (C=O) groups is 1. The Balaban J connectivity index is 1.57. The van der Waals surface area contributed by atoms with Crippen LogP contribution in [0.25, 0.3) is 0 Å². The van der Waals surface area contributed by atoms with Crippen LogP contribution in [0, 0.1) is 13.8 Å². The van der Waals surface area contributed by atoms with Gasteiger partial charge < -0.3 is 19.7 Å². The van der Waals surface area contributed by atoms with Crippen LogP contribution < -0.4 is 15.0 Å². The van der Waals surface area contributed by atoms with Gasteiger partial charge >= 0.3 is 5.97 Å². The van der Waals surface area contributed by atoms with E-state index in [2.05, 4.69) is 40.5 Å². The second-order valence-corrected chi connectivity index (χ2v) is 9.33. The Hall–Kier alpha value is -4.25. The molecule has 1 N–H and O–H groups in total. The largest absolute Gasteiger partial charge is 0.456 e. The van der Waals surface area contributed by atoms with Crippen LogP contribution in [0.3, 0.4) is 0 Å². The molecule has 0 aromatic heterocycles. The highest BCUT2D eigenvalue weighted by Crippen LogP contribution is 2.57. The Labute approximate surface area is 204 Å². The number of esters is 1. The molecule has 0 saturated heterocycles. The molecule has 4 aromatic rings. The van der Waals surface area contributed by atoms with Gasteiger partial charge in [-0.25, -0.2) is 4.79 Å². The average Bonchev–Trinajstić information content (AvgIpc) is 3.15. The second-order valence-electron chi connectivity index (χ2n) is 9.33. The summed E-state index contributed by atoms with van der Waals surface area (Å²) in [5.41, 5.74) is 7.03. The summed E-state index contributed by atoms with van der Waals surface area (Å²) in [4.78, 5) is 15.5. The fourth-order valence-corrected chi connectivity index (χ4v) is 5.19. The van der Waals surface area contributed by atoms with Crippen molar-refractivity contribution in [2.24, 2.45) is 0 Å². The standard InChI is InChI=1S/C30H26N2O3/c1-18-19(2)28-24(17-25(18)31-20-13-15-21(16-14-20)32(3)4)30(35-29(28)33)22-9-5-7-11-26(22)34-27-12-8-6-10-23(27)30/h5-17,31H,1-4H3. The molecule has 0 aliphatic carbocycles. The van der Waals surface area contributed by atoms with Crippen molar-refractivity contribution < 1.29 is 14.3 Å². The van der Waals surface area contributed by atoms with Gasteiger partial charge in [0, 0.05) is 47.8 Å². The van der Waals surface area contributed by atoms with Crippen LogP contribution in [0.1, 0.15) is 38.2 Å². The van der Waals surface area contributed by atoms with E-state index in [0.717, 1.165) is 44.9 Å². The van der Waals surface area contributed by atoms with Crippen LogP contribution in [-0.2, 0) is 10.3 Å². The Bertz CT molecular complexity index is 1440. The molecule has 0 atom stereocenters. The van der Waals surface area contributed by atoms with Gasteiger partial charge in [0.2, 0.25) is 0 Å². The minimum atomic E-state index is -1.07. The third kappa shape index (κ3) is 3.04. The molecule has 0 fully saturated rings. The number of fused-ring (bicyclic) bond motifs is 6. The van der Waals surface area contributed by atoms with Gasteiger partial charge in [0.05, 0.1) is 5.56 Å². The van der Waals surface area contributed by atoms with Crippen LogP contribution in [0.15, 0.2) is 78.9 Å². The van der Waals surface area contributed by atoms with Crippen molar-refractivity contribution in [3.63, 3.8) is 0 Å². The molecule has 6 rings (SSSR count). The molecule has 2 heterocycles. The zero-order chi connectivity index (χ0) is 24.3. The van der Waals surface area contributed by atoms with Gasteiger partial charge in [-0.15, -0.1) is 0 Å². The Kier molecular flexibility index (Phi) is 4.65. The third-order valence-electron chi connectivity index (χ3n) is 7.14. The lowest BCUT2D eigenvalue weighted by atomic mass is 9.76. The van der Waals surface area contributed by atoms with E-state index in [4.69, 9.17) is 9.47 Å². The topological polar surface area (TPSA) is 50.8 Å². The van der Waals surface area contributed by atoms with E-state index < -0.39 is 5.60 Å². The van der Waals surface area contributed by atoms with E-state index in [1.165, 1.54) is 0 Å². The van der Waals surface area contributed by atoms with Crippen LogP contribution in [0.5, 0.6) is 11.5 Å². The molecule has 174 valence electrons. The second kappa shape index (κ2) is 7.64. The predicted molar refractivity (Wildman–Crippen MR) is 138 cm³/mol. The highest BCUT2D eigenvalue weighted by Gasteiger charge is 2.54. The van der Waals surface area contributed by atoms with Gasteiger partial charge in [0.1, 0.15) is 11.5 Å². The number of ether oxygens (including phenoxy) is 2. The zero-order valence-electron chi connectivity index (χ0n) is 20.2. The molecule has 35 heavy (non-hydrogen) atoms. The Morgan fingerprint density at radius 2 is 1.37 bits per heavy atom. The molecule has 0 bridgehead atoms. The van der Waals surface area contributed by atoms with Crippen molar-refractivity contribution in [1.29, 1.82) is 0 Å². The summed E-state index contributed by atoms with van der Waals surface area (Å²) in [7, 11) is 4.05. The molecule has 0 unspecified atom stereocenters. The first-order valence-corrected chi connectivity index (χ1v) is 11.7. The number of carbonyl (C=O) groups excluding carboxylic acids is 1. The van der Waals surface area contributed by atoms with E-state index in [9.17, 15) is 4.79 Å². The maximum atomic E-state index is 13.4. The number of hydrogen-bond acceptors (Lipinski definition) is 5. The smallest absolute Gasteiger partial charge is 0.340 e. The average molecular weight is 463 g/mol. The van der Waals surface area contributed by atoms with Crippen LogP contribution >= 0.6 is 0 Å². The highest BCUT2D eigenvalue weighted by molar-refractivity contribution is 6.00. The first kappa shape index (κ1) is 21.3. The summed E-state index contributed by atoms with van der Waals surface area (Å²) in [6, 6.07) is 25.9. The van der Waals surface area contributed by atoms with E-state index in [0.29, 0.717) is 17.1 Å². The molecule has 5 nitrogen and oxygen atoms in total. The maximum Gasteiger partial charge on any atom is 0.340 e. The van der Waals surface area contributed by atoms with Crippen molar-refractivity contribution in [3.8, 4) is 11.5 Å². The highest BCUT2D eigenvalue weighted by atomic mass is 16.6. The molecular weight excluding hydrogens is 436 g/mol. The predicted octanol–water partition coefficient (Wildman–Crippen LogP) is 6.68. The lowest BCUT2D eigenvalue weighted by molar-refractivity contribution is 0.0224. The molecule has 0 saturated carbocycles. The van der Waals surface area contributed by atoms with Gasteiger partial charge in [-0.2, -0.15) is 0 Å². The molecule has 4 aromatic carbocycles. The van der Waals surface area contributed by atoms with Crippen molar-refractivity contribution in [2.75, 3.05) is 24.3 Å². The van der Waals surface area contributed by atoms with Crippen LogP contribution in [0.2, 0.25) is 0 Å². The molecular formula is C30H26N2O3. The number of anilines is 3. The quantitative estimate of drug-likeness (QED) is 0.344. The van der Waals surface area contributed by atoms with Crippen molar-refractivity contribution in [2.45, 2.75) is 19.4 Å². The van der Waals surface area contributed by atoms with Crippen molar-refractivity contribution in [1.82, 2.24) is 0 Å². The maximum absolute atomic E-state index is 13.4. The zero-order valence-corrected chi connectivity index (χ0v) is 20.2. The number of rotatable bonds is 3. The summed E-state index contributed by atoms with van der Waals surface area (Å²) >= 11 is 0. The van der Waals surface area contributed by atoms with Crippen LogP contribution in [-0.4, -0.2) is 20.1 Å². The van der Waals surface area contributed by atoms with Gasteiger partial charge in [0.15, 0.2) is 5.60 Å². The minimum Gasteiger partial charge on any atom is -0.456 e. The number of benzene rings is 4. The molecule has 0 amide bonds. The molecule has 2 aliphatic heterocycles. The van der Waals surface area contributed by atoms with Crippen LogP contribution in [0.4, 0.5) is 17.1 Å². The summed E-state index contributed by atoms with van der Waals surface area (Å²) < 4.78 is 12.6.